The van der Waals surface area contributed by atoms with Crippen LogP contribution in [0.1, 0.15) is 18.9 Å². The van der Waals surface area contributed by atoms with Gasteiger partial charge in [0.25, 0.3) is 0 Å². The molecule has 0 fully saturated rings. The maximum atomic E-state index is 13.3. The molecule has 2 N–H and O–H groups in total. The Bertz CT molecular complexity index is 1450. The van der Waals surface area contributed by atoms with Crippen molar-refractivity contribution in [3.63, 3.8) is 0 Å². The summed E-state index contributed by atoms with van der Waals surface area (Å²) in [4.78, 5) is 7.34. The fraction of sp³-hybridized carbons (Fsp3) is 0.286. The Kier molecular flexibility index (Phi) is 6.85. The highest BCUT2D eigenvalue weighted by Crippen LogP contribution is 2.37. The molecule has 0 amide bonds. The van der Waals surface area contributed by atoms with Gasteiger partial charge in [0.1, 0.15) is 34.2 Å². The van der Waals surface area contributed by atoms with Gasteiger partial charge in [-0.25, -0.2) is 22.8 Å². The van der Waals surface area contributed by atoms with Crippen molar-refractivity contribution < 1.29 is 27.4 Å². The van der Waals surface area contributed by atoms with Crippen LogP contribution in [0.3, 0.4) is 0 Å². The first-order valence-electron chi connectivity index (χ1n) is 10.5. The van der Waals surface area contributed by atoms with Crippen LogP contribution in [0.25, 0.3) is 17.2 Å². The first kappa shape index (κ1) is 25.0. The van der Waals surface area contributed by atoms with Gasteiger partial charge in [-0.3, -0.25) is 14.0 Å². The number of para-hydroxylation sites is 1. The second-order valence-electron chi connectivity index (χ2n) is 7.62. The first-order valence-corrected chi connectivity index (χ1v) is 12.0. The summed E-state index contributed by atoms with van der Waals surface area (Å²) in [6.45, 7) is 1.25. The minimum Gasteiger partial charge on any atom is -0.494 e. The molecule has 0 radical (unpaired) electrons. The van der Waals surface area contributed by atoms with Crippen LogP contribution in [0.4, 0.5) is 10.3 Å². The van der Waals surface area contributed by atoms with E-state index in [2.05, 4.69) is 30.0 Å². The molecule has 0 saturated heterocycles. The number of aryl methyl sites for hydroxylation is 1. The van der Waals surface area contributed by atoms with Gasteiger partial charge in [0, 0.05) is 13.2 Å². The Balaban J connectivity index is 1.81. The number of ether oxygens (including phenoxy) is 2. The van der Waals surface area contributed by atoms with Crippen LogP contribution in [0.5, 0.6) is 11.5 Å². The lowest BCUT2D eigenvalue weighted by Gasteiger charge is -2.20. The Morgan fingerprint density at radius 1 is 1.08 bits per heavy atom. The Morgan fingerprint density at radius 2 is 1.72 bits per heavy atom. The summed E-state index contributed by atoms with van der Waals surface area (Å²) in [5, 5.41) is 21.7. The van der Waals surface area contributed by atoms with Gasteiger partial charge in [0.15, 0.2) is 17.5 Å². The molecule has 0 aliphatic rings. The normalized spacial score (nSPS) is 13.3. The topological polar surface area (TPSA) is 159 Å². The lowest BCUT2D eigenvalue weighted by atomic mass is 10.2. The largest absolute Gasteiger partial charge is 0.494 e. The molecule has 0 bridgehead atoms. The first-order chi connectivity index (χ1) is 17.2. The van der Waals surface area contributed by atoms with Crippen LogP contribution in [0.15, 0.2) is 42.9 Å². The molecule has 13 nitrogen and oxygen atoms in total. The van der Waals surface area contributed by atoms with Gasteiger partial charge in [-0.05, 0) is 25.1 Å². The summed E-state index contributed by atoms with van der Waals surface area (Å²) in [6, 6.07) is 6.71. The maximum absolute atomic E-state index is 13.3. The van der Waals surface area contributed by atoms with Gasteiger partial charge in [-0.2, -0.15) is 5.10 Å². The third kappa shape index (κ3) is 4.70. The zero-order valence-electron chi connectivity index (χ0n) is 19.7. The van der Waals surface area contributed by atoms with Crippen molar-refractivity contribution >= 4 is 16.0 Å². The third-order valence-corrected chi connectivity index (χ3v) is 7.01. The standard InChI is InChI=1S/C21H23FN8O5S/c1-12(18(31)19-23-10-13(22)11-24-19)36(32,33)28-21-26-25-20(14-8-9-29(2)27-14)30(21)17-15(34-3)6-5-7-16(17)35-4/h5-12,18,31H,1-4H3,(H,26,28)/t12-,18-/m0/s1. The molecular weight excluding hydrogens is 495 g/mol. The number of benzene rings is 1. The third-order valence-electron chi connectivity index (χ3n) is 5.30. The Hall–Kier alpha value is -4.11. The number of aliphatic hydroxyl groups excluding tert-OH is 1. The monoisotopic (exact) mass is 518 g/mol. The maximum Gasteiger partial charge on any atom is 0.243 e. The Labute approximate surface area is 205 Å². The summed E-state index contributed by atoms with van der Waals surface area (Å²) >= 11 is 0. The SMILES string of the molecule is COc1cccc(OC)c1-n1c(NS(=O)(=O)[C@@H](C)[C@H](O)c2ncc(F)cn2)nnc1-c1ccn(C)n1. The summed E-state index contributed by atoms with van der Waals surface area (Å²) in [5.74, 6) is -0.292. The highest BCUT2D eigenvalue weighted by Gasteiger charge is 2.34. The molecule has 0 aliphatic heterocycles. The number of hydrogen-bond donors (Lipinski definition) is 2. The lowest BCUT2D eigenvalue weighted by molar-refractivity contribution is 0.166. The predicted octanol–water partition coefficient (Wildman–Crippen LogP) is 1.48. The number of nitrogens with one attached hydrogen (secondary N) is 1. The number of sulfonamides is 1. The van der Waals surface area contributed by atoms with Crippen LogP contribution in [-0.4, -0.2) is 67.5 Å². The summed E-state index contributed by atoms with van der Waals surface area (Å²) < 4.78 is 56.0. The number of methoxy groups -OCH3 is 2. The molecule has 36 heavy (non-hydrogen) atoms. The molecule has 3 aromatic heterocycles. The second kappa shape index (κ2) is 9.87. The number of anilines is 1. The van der Waals surface area contributed by atoms with Crippen LogP contribution in [0, 0.1) is 5.82 Å². The summed E-state index contributed by atoms with van der Waals surface area (Å²) in [6.07, 6.45) is 1.71. The lowest BCUT2D eigenvalue weighted by Crippen LogP contribution is -2.32. The van der Waals surface area contributed by atoms with Crippen molar-refractivity contribution in [2.45, 2.75) is 18.3 Å². The number of aromatic nitrogens is 7. The van der Waals surface area contributed by atoms with Crippen molar-refractivity contribution in [3.8, 4) is 28.7 Å². The van der Waals surface area contributed by atoms with Crippen molar-refractivity contribution in [2.75, 3.05) is 18.9 Å². The van der Waals surface area contributed by atoms with Crippen molar-refractivity contribution in [3.05, 3.63) is 54.5 Å². The molecule has 0 spiro atoms. The average molecular weight is 519 g/mol. The molecule has 2 atom stereocenters. The van der Waals surface area contributed by atoms with E-state index in [9.17, 15) is 17.9 Å². The molecule has 190 valence electrons. The van der Waals surface area contributed by atoms with E-state index in [-0.39, 0.29) is 17.6 Å². The van der Waals surface area contributed by atoms with Crippen LogP contribution < -0.4 is 14.2 Å². The molecule has 4 rings (SSSR count). The second-order valence-corrected chi connectivity index (χ2v) is 9.66. The van der Waals surface area contributed by atoms with Gasteiger partial charge >= 0.3 is 0 Å². The van der Waals surface area contributed by atoms with E-state index in [0.717, 1.165) is 12.4 Å². The van der Waals surface area contributed by atoms with E-state index >= 15 is 0 Å². The molecule has 0 aliphatic carbocycles. The predicted molar refractivity (Wildman–Crippen MR) is 126 cm³/mol. The van der Waals surface area contributed by atoms with E-state index in [0.29, 0.717) is 22.9 Å². The van der Waals surface area contributed by atoms with Gasteiger partial charge in [0.05, 0.1) is 26.6 Å². The highest BCUT2D eigenvalue weighted by molar-refractivity contribution is 7.93. The quantitative estimate of drug-likeness (QED) is 0.332. The van der Waals surface area contributed by atoms with Crippen LogP contribution in [-0.2, 0) is 17.1 Å². The Morgan fingerprint density at radius 3 is 2.28 bits per heavy atom. The van der Waals surface area contributed by atoms with Crippen molar-refractivity contribution in [2.24, 2.45) is 7.05 Å². The van der Waals surface area contributed by atoms with Crippen LogP contribution >= 0.6 is 0 Å². The van der Waals surface area contributed by atoms with Gasteiger partial charge in [-0.1, -0.05) is 6.07 Å². The molecular formula is C21H23FN8O5S. The van der Waals surface area contributed by atoms with Gasteiger partial charge in [0.2, 0.25) is 16.0 Å². The highest BCUT2D eigenvalue weighted by atomic mass is 32.2. The number of nitrogens with zero attached hydrogens (tertiary/aromatic N) is 7. The minimum absolute atomic E-state index is 0.200. The van der Waals surface area contributed by atoms with E-state index in [4.69, 9.17) is 9.47 Å². The zero-order valence-corrected chi connectivity index (χ0v) is 20.5. The molecule has 1 aromatic carbocycles. The number of rotatable bonds is 9. The number of halogens is 1. The van der Waals surface area contributed by atoms with E-state index in [1.54, 1.807) is 42.2 Å². The number of hydrogen-bond acceptors (Lipinski definition) is 10. The molecule has 3 heterocycles. The van der Waals surface area contributed by atoms with Crippen molar-refractivity contribution in [1.82, 2.24) is 34.5 Å². The minimum atomic E-state index is -4.31. The fourth-order valence-corrected chi connectivity index (χ4v) is 4.42. The van der Waals surface area contributed by atoms with Crippen molar-refractivity contribution in [1.29, 1.82) is 0 Å². The van der Waals surface area contributed by atoms with E-state index < -0.39 is 27.2 Å². The van der Waals surface area contributed by atoms with E-state index in [1.807, 2.05) is 0 Å². The molecule has 4 aromatic rings. The smallest absolute Gasteiger partial charge is 0.243 e. The van der Waals surface area contributed by atoms with Gasteiger partial charge in [-0.15, -0.1) is 10.2 Å². The molecule has 15 heteroatoms. The average Bonchev–Trinajstić information content (AvgIpc) is 3.48. The zero-order chi connectivity index (χ0) is 26.0. The van der Waals surface area contributed by atoms with E-state index in [1.165, 1.54) is 25.7 Å². The number of aliphatic hydroxyl groups is 1. The molecule has 0 unspecified atom stereocenters. The summed E-state index contributed by atoms with van der Waals surface area (Å²) in [5.41, 5.74) is 0.720. The van der Waals surface area contributed by atoms with Gasteiger partial charge < -0.3 is 14.6 Å². The fourth-order valence-electron chi connectivity index (χ4n) is 3.39. The van der Waals surface area contributed by atoms with Crippen LogP contribution in [0.2, 0.25) is 0 Å². The summed E-state index contributed by atoms with van der Waals surface area (Å²) in [7, 11) is 0.317. The molecule has 0 saturated carbocycles.